The Morgan fingerprint density at radius 3 is 2.47 bits per heavy atom. The minimum Gasteiger partial charge on any atom is -0.492 e. The monoisotopic (exact) mass is 845 g/mol. The number of methoxy groups -OCH3 is 1. The van der Waals surface area contributed by atoms with E-state index in [1.54, 1.807) is 42.3 Å². The lowest BCUT2D eigenvalue weighted by Crippen LogP contribution is -2.48. The molecule has 4 heterocycles. The molecule has 0 radical (unpaired) electrons. The topological polar surface area (TPSA) is 242 Å². The zero-order valence-electron chi connectivity index (χ0n) is 33.8. The number of hydrogen-bond acceptors (Lipinski definition) is 17. The first-order valence-electron chi connectivity index (χ1n) is 19.7. The zero-order chi connectivity index (χ0) is 43.3. The fourth-order valence-corrected chi connectivity index (χ4v) is 6.58. The smallest absolute Gasteiger partial charge is 0.329 e. The van der Waals surface area contributed by atoms with Gasteiger partial charge >= 0.3 is 5.97 Å². The summed E-state index contributed by atoms with van der Waals surface area (Å²) < 4.78 is 29.9. The predicted molar refractivity (Wildman–Crippen MR) is 224 cm³/mol. The molecule has 0 spiro atoms. The summed E-state index contributed by atoms with van der Waals surface area (Å²) in [6, 6.07) is 20.0. The van der Waals surface area contributed by atoms with Crippen molar-refractivity contribution in [3.8, 4) is 11.9 Å². The van der Waals surface area contributed by atoms with Crippen molar-refractivity contribution in [1.29, 1.82) is 5.26 Å². The van der Waals surface area contributed by atoms with Gasteiger partial charge in [0, 0.05) is 70.4 Å². The first-order valence-corrected chi connectivity index (χ1v) is 19.7. The van der Waals surface area contributed by atoms with Crippen LogP contribution in [0.1, 0.15) is 33.0 Å². The molecule has 20 heteroatoms. The zero-order valence-corrected chi connectivity index (χ0v) is 33.8. The van der Waals surface area contributed by atoms with E-state index >= 15 is 0 Å². The predicted octanol–water partition coefficient (Wildman–Crippen LogP) is 3.80. The number of hydrogen-bond donors (Lipinski definition) is 5. The van der Waals surface area contributed by atoms with Crippen molar-refractivity contribution in [1.82, 2.24) is 44.7 Å². The van der Waals surface area contributed by atoms with Crippen LogP contribution < -0.4 is 16.0 Å². The van der Waals surface area contributed by atoms with Crippen molar-refractivity contribution in [2.75, 3.05) is 75.7 Å². The van der Waals surface area contributed by atoms with Crippen molar-refractivity contribution in [2.24, 2.45) is 0 Å². The van der Waals surface area contributed by atoms with Gasteiger partial charge in [0.1, 0.15) is 24.3 Å². The van der Waals surface area contributed by atoms with Crippen LogP contribution in [0.25, 0.3) is 11.0 Å². The van der Waals surface area contributed by atoms with E-state index in [1.807, 2.05) is 24.3 Å². The molecule has 1 atom stereocenters. The van der Waals surface area contributed by atoms with Crippen molar-refractivity contribution in [2.45, 2.75) is 25.6 Å². The van der Waals surface area contributed by atoms with E-state index in [4.69, 9.17) is 14.2 Å². The van der Waals surface area contributed by atoms with E-state index < -0.39 is 23.7 Å². The van der Waals surface area contributed by atoms with Gasteiger partial charge in [-0.25, -0.2) is 24.1 Å². The molecule has 320 valence electrons. The number of imidazole rings is 1. The normalized spacial score (nSPS) is 13.3. The van der Waals surface area contributed by atoms with Gasteiger partial charge in [-0.1, -0.05) is 24.3 Å². The number of ether oxygens (including phenoxy) is 3. The number of aromatic nitrogens is 7. The number of benzene rings is 3. The van der Waals surface area contributed by atoms with Crippen molar-refractivity contribution in [3.05, 3.63) is 113 Å². The van der Waals surface area contributed by atoms with Crippen LogP contribution in [0.5, 0.6) is 5.88 Å². The Bertz CT molecular complexity index is 2510. The number of esters is 1. The van der Waals surface area contributed by atoms with Crippen LogP contribution in [-0.4, -0.2) is 127 Å². The van der Waals surface area contributed by atoms with E-state index in [-0.39, 0.29) is 55.6 Å². The summed E-state index contributed by atoms with van der Waals surface area (Å²) >= 11 is 0. The molecule has 62 heavy (non-hydrogen) atoms. The molecule has 3 aromatic carbocycles. The Morgan fingerprint density at radius 1 is 0.903 bits per heavy atom. The fourth-order valence-electron chi connectivity index (χ4n) is 6.58. The molecule has 1 amide bonds. The van der Waals surface area contributed by atoms with Crippen LogP contribution in [0.2, 0.25) is 0 Å². The van der Waals surface area contributed by atoms with Crippen LogP contribution in [0, 0.1) is 17.1 Å². The maximum absolute atomic E-state index is 13.9. The fraction of sp³-hybridized carbons (Fsp3) is 0.310. The van der Waals surface area contributed by atoms with Gasteiger partial charge in [-0.15, -0.1) is 0 Å². The van der Waals surface area contributed by atoms with Crippen molar-refractivity contribution in [3.63, 3.8) is 0 Å². The first kappa shape index (κ1) is 42.8. The number of halogens is 1. The van der Waals surface area contributed by atoms with E-state index in [0.717, 1.165) is 11.1 Å². The summed E-state index contributed by atoms with van der Waals surface area (Å²) in [7, 11) is 1.57. The Hall–Kier alpha value is -7.34. The average molecular weight is 846 g/mol. The third-order valence-corrected chi connectivity index (χ3v) is 9.69. The summed E-state index contributed by atoms with van der Waals surface area (Å²) in [4.78, 5) is 59.6. The van der Waals surface area contributed by atoms with Gasteiger partial charge in [-0.3, -0.25) is 9.69 Å². The number of carbonyl (C=O) groups is 2. The van der Waals surface area contributed by atoms with E-state index in [1.165, 1.54) is 24.5 Å². The number of H-pyrrole nitrogens is 1. The lowest BCUT2D eigenvalue weighted by molar-refractivity contribution is -0.146. The maximum atomic E-state index is 13.9. The first-order chi connectivity index (χ1) is 30.2. The number of piperazine rings is 1. The van der Waals surface area contributed by atoms with E-state index in [9.17, 15) is 24.3 Å². The number of nitrogens with zero attached hydrogens (tertiary/aromatic N) is 9. The molecule has 0 unspecified atom stereocenters. The van der Waals surface area contributed by atoms with Crippen molar-refractivity contribution >= 4 is 46.4 Å². The number of anilines is 4. The molecule has 1 aliphatic rings. The van der Waals surface area contributed by atoms with Gasteiger partial charge in [0.15, 0.2) is 5.69 Å². The molecule has 0 aliphatic carbocycles. The highest BCUT2D eigenvalue weighted by atomic mass is 19.1. The molecule has 1 fully saturated rings. The highest BCUT2D eigenvalue weighted by molar-refractivity contribution is 5.94. The van der Waals surface area contributed by atoms with Crippen LogP contribution >= 0.6 is 0 Å². The van der Waals surface area contributed by atoms with Gasteiger partial charge in [0.2, 0.25) is 23.7 Å². The van der Waals surface area contributed by atoms with Crippen LogP contribution in [0.3, 0.4) is 0 Å². The van der Waals surface area contributed by atoms with Gasteiger partial charge < -0.3 is 45.2 Å². The third-order valence-electron chi connectivity index (χ3n) is 9.69. The van der Waals surface area contributed by atoms with E-state index in [0.29, 0.717) is 74.0 Å². The van der Waals surface area contributed by atoms with Gasteiger partial charge in [0.05, 0.1) is 49.0 Å². The molecule has 1 saturated heterocycles. The Labute approximate surface area is 355 Å². The Balaban J connectivity index is 1.08. The van der Waals surface area contributed by atoms with Crippen LogP contribution in [-0.2, 0) is 38.5 Å². The van der Waals surface area contributed by atoms with Crippen LogP contribution in [0.15, 0.2) is 79.1 Å². The van der Waals surface area contributed by atoms with Gasteiger partial charge in [-0.2, -0.15) is 20.2 Å². The molecule has 19 nitrogen and oxygen atoms in total. The maximum Gasteiger partial charge on any atom is 0.329 e. The molecule has 6 aromatic rings. The quantitative estimate of drug-likeness (QED) is 0.0575. The second-order valence-corrected chi connectivity index (χ2v) is 14.1. The number of amides is 1. The number of nitriles is 1. The number of aromatic amines is 1. The summed E-state index contributed by atoms with van der Waals surface area (Å²) in [6.07, 6.45) is 2.88. The van der Waals surface area contributed by atoms with Crippen molar-refractivity contribution < 1.29 is 33.3 Å². The molecule has 0 saturated carbocycles. The lowest BCUT2D eigenvalue weighted by atomic mass is 10.0. The number of rotatable bonds is 19. The minimum atomic E-state index is -0.958. The molecule has 5 N–H and O–H groups in total. The molecular weight excluding hydrogens is 802 g/mol. The van der Waals surface area contributed by atoms with Crippen LogP contribution in [0.4, 0.5) is 27.9 Å². The SMILES string of the molecule is COCCOCCOC(=O)[C@H](Cc1ccc(C#N)cc1)Nc1nc(NCc2nc3cc(F)ccc3[nH]2)nc(Nc2cccc(CN3CCN(C(=O)c4nccnc4O)CC3)c2)n1. The third kappa shape index (κ3) is 11.7. The summed E-state index contributed by atoms with van der Waals surface area (Å²) in [5.74, 6) is -0.865. The standard InChI is InChI=1S/C42H44FN13O6/c1-60-17-18-61-19-20-62-39(59)34(22-27-5-7-28(24-44)8-6-27)51-42-53-40(47-25-35-49-32-10-9-30(43)23-33(32)50-35)52-41(54-42)48-31-4-2-3-29(21-31)26-55-13-15-56(16-14-55)38(58)36-37(57)46-12-11-45-36/h2-12,21,23,34H,13-20,22,25-26H2,1H3,(H,46,57)(H,49,50)(H3,47,48,51,52,53,54)/t34-/m0/s1. The number of aromatic hydroxyl groups is 1. The number of nitrogens with one attached hydrogen (secondary N) is 4. The largest absolute Gasteiger partial charge is 0.492 e. The number of carbonyl (C=O) groups excluding carboxylic acids is 2. The van der Waals surface area contributed by atoms with E-state index in [2.05, 4.69) is 61.8 Å². The summed E-state index contributed by atoms with van der Waals surface area (Å²) in [5.41, 5.74) is 3.97. The minimum absolute atomic E-state index is 0.00387. The second-order valence-electron chi connectivity index (χ2n) is 14.1. The van der Waals surface area contributed by atoms with Gasteiger partial charge in [0.25, 0.3) is 5.91 Å². The Kier molecular flexibility index (Phi) is 14.3. The molecule has 0 bridgehead atoms. The van der Waals surface area contributed by atoms with Gasteiger partial charge in [-0.05, 0) is 47.5 Å². The lowest BCUT2D eigenvalue weighted by Gasteiger charge is -2.34. The number of fused-ring (bicyclic) bond motifs is 1. The molecular formula is C42H44FN13O6. The Morgan fingerprint density at radius 2 is 1.68 bits per heavy atom. The molecule has 3 aromatic heterocycles. The highest BCUT2D eigenvalue weighted by Crippen LogP contribution is 2.22. The second kappa shape index (κ2) is 20.8. The average Bonchev–Trinajstić information content (AvgIpc) is 3.69. The summed E-state index contributed by atoms with van der Waals surface area (Å²) in [6.45, 7) is 3.80. The molecule has 7 rings (SSSR count). The highest BCUT2D eigenvalue weighted by Gasteiger charge is 2.26. The molecule has 1 aliphatic heterocycles. The summed E-state index contributed by atoms with van der Waals surface area (Å²) in [5, 5.41) is 28.9.